The summed E-state index contributed by atoms with van der Waals surface area (Å²) >= 11 is 11.6. The first-order valence-electron chi connectivity index (χ1n) is 7.95. The molecule has 0 atom stereocenters. The number of hydrazone groups is 1. The Bertz CT molecular complexity index is 697. The molecule has 0 spiro atoms. The molecule has 1 aromatic heterocycles. The van der Waals surface area contributed by atoms with Crippen LogP contribution in [0.15, 0.2) is 35.4 Å². The molecule has 0 saturated carbocycles. The molecule has 0 fully saturated rings. The van der Waals surface area contributed by atoms with Gasteiger partial charge in [-0.1, -0.05) is 55.3 Å². The zero-order valence-electron chi connectivity index (χ0n) is 13.9. The number of unbranched alkanes of at least 4 members (excludes halogenated alkanes) is 1. The summed E-state index contributed by atoms with van der Waals surface area (Å²) in [6, 6.07) is 10.1. The fraction of sp³-hybridized carbons (Fsp3) is 0.353. The second-order valence-corrected chi connectivity index (χ2v) is 6.18. The molecule has 128 valence electrons. The zero-order valence-corrected chi connectivity index (χ0v) is 15.5. The lowest BCUT2D eigenvalue weighted by molar-refractivity contribution is 0.680. The summed E-state index contributed by atoms with van der Waals surface area (Å²) in [6.45, 7) is 5.51. The molecule has 0 amide bonds. The monoisotopic (exact) mass is 363 g/mol. The van der Waals surface area contributed by atoms with Crippen LogP contribution in [0.25, 0.3) is 0 Å². The van der Waals surface area contributed by atoms with Crippen LogP contribution in [0.4, 0.5) is 0 Å². The Morgan fingerprint density at radius 3 is 2.83 bits per heavy atom. The van der Waals surface area contributed by atoms with Gasteiger partial charge < -0.3 is 5.32 Å². The van der Waals surface area contributed by atoms with Crippen molar-refractivity contribution in [1.82, 2.24) is 20.5 Å². The third kappa shape index (κ3) is 5.32. The highest BCUT2D eigenvalue weighted by Gasteiger charge is 2.11. The maximum atomic E-state index is 6.43. The van der Waals surface area contributed by atoms with Gasteiger partial charge in [-0.05, 0) is 31.1 Å². The van der Waals surface area contributed by atoms with Crippen LogP contribution in [0.5, 0.6) is 0 Å². The summed E-state index contributed by atoms with van der Waals surface area (Å²) in [6.07, 6.45) is 3.84. The lowest BCUT2D eigenvalue weighted by Crippen LogP contribution is -2.32. The fourth-order valence-corrected chi connectivity index (χ4v) is 2.59. The second-order valence-electron chi connectivity index (χ2n) is 5.41. The van der Waals surface area contributed by atoms with Crippen molar-refractivity contribution in [2.24, 2.45) is 5.10 Å². The summed E-state index contributed by atoms with van der Waals surface area (Å²) in [5, 5.41) is 12.8. The Labute approximate surface area is 153 Å². The molecular weight excluding hydrogens is 342 g/mol. The van der Waals surface area contributed by atoms with Crippen LogP contribution in [-0.4, -0.2) is 27.7 Å². The molecule has 0 unspecified atom stereocenters. The maximum Gasteiger partial charge on any atom is 0.186 e. The number of halogens is 1. The molecule has 1 heterocycles. The van der Waals surface area contributed by atoms with Crippen molar-refractivity contribution >= 4 is 35.1 Å². The topological polar surface area (TPSA) is 54.2 Å². The standard InChI is InChI=1S/C17H22ClN5S/c1-3-4-10-19-17(24)21-20-11-15-13(2)22-23(16(15)18)12-14-8-6-5-7-9-14/h5-9,11H,3-4,10,12H2,1-2H3,(H2,19,21,24)/b20-11-. The Morgan fingerprint density at radius 1 is 1.38 bits per heavy atom. The van der Waals surface area contributed by atoms with Gasteiger partial charge in [0.15, 0.2) is 5.11 Å². The van der Waals surface area contributed by atoms with E-state index in [1.807, 2.05) is 37.3 Å². The number of aryl methyl sites for hydroxylation is 1. The molecule has 2 N–H and O–H groups in total. The highest BCUT2D eigenvalue weighted by Crippen LogP contribution is 2.19. The quantitative estimate of drug-likeness (QED) is 0.342. The minimum absolute atomic E-state index is 0.505. The number of thiocarbonyl (C=S) groups is 1. The lowest BCUT2D eigenvalue weighted by atomic mass is 10.2. The smallest absolute Gasteiger partial charge is 0.186 e. The molecular formula is C17H22ClN5S. The number of nitrogens with one attached hydrogen (secondary N) is 2. The Hall–Kier alpha value is -1.92. The molecule has 1 aromatic carbocycles. The van der Waals surface area contributed by atoms with E-state index in [-0.39, 0.29) is 0 Å². The zero-order chi connectivity index (χ0) is 17.4. The fourth-order valence-electron chi connectivity index (χ4n) is 2.15. The van der Waals surface area contributed by atoms with Crippen molar-refractivity contribution < 1.29 is 0 Å². The first kappa shape index (κ1) is 18.4. The van der Waals surface area contributed by atoms with Crippen LogP contribution >= 0.6 is 23.8 Å². The summed E-state index contributed by atoms with van der Waals surface area (Å²) in [5.41, 5.74) is 5.55. The molecule has 7 heteroatoms. The van der Waals surface area contributed by atoms with E-state index in [2.05, 4.69) is 27.9 Å². The average Bonchev–Trinajstić information content (AvgIpc) is 2.83. The average molecular weight is 364 g/mol. The number of benzene rings is 1. The number of nitrogens with zero attached hydrogens (tertiary/aromatic N) is 3. The third-order valence-electron chi connectivity index (χ3n) is 3.46. The molecule has 24 heavy (non-hydrogen) atoms. The molecule has 5 nitrogen and oxygen atoms in total. The van der Waals surface area contributed by atoms with Gasteiger partial charge in [-0.3, -0.25) is 5.43 Å². The van der Waals surface area contributed by atoms with Crippen molar-refractivity contribution in [3.05, 3.63) is 52.3 Å². The van der Waals surface area contributed by atoms with Gasteiger partial charge in [-0.2, -0.15) is 10.2 Å². The van der Waals surface area contributed by atoms with E-state index >= 15 is 0 Å². The molecule has 0 aliphatic rings. The van der Waals surface area contributed by atoms with Crippen molar-refractivity contribution in [2.75, 3.05) is 6.54 Å². The molecule has 0 saturated heterocycles. The Morgan fingerprint density at radius 2 is 2.12 bits per heavy atom. The number of hydrogen-bond donors (Lipinski definition) is 2. The first-order chi connectivity index (χ1) is 11.6. The van der Waals surface area contributed by atoms with E-state index in [1.165, 1.54) is 0 Å². The number of rotatable bonds is 7. The van der Waals surface area contributed by atoms with Gasteiger partial charge >= 0.3 is 0 Å². The normalized spacial score (nSPS) is 11.0. The first-order valence-corrected chi connectivity index (χ1v) is 8.74. The Balaban J connectivity index is 1.98. The SMILES string of the molecule is CCCCNC(=S)N/N=C\c1c(C)nn(Cc2ccccc2)c1Cl. The van der Waals surface area contributed by atoms with Gasteiger partial charge in [0.2, 0.25) is 0 Å². The van der Waals surface area contributed by atoms with Gasteiger partial charge in [-0.15, -0.1) is 0 Å². The highest BCUT2D eigenvalue weighted by molar-refractivity contribution is 7.80. The van der Waals surface area contributed by atoms with Crippen LogP contribution < -0.4 is 10.7 Å². The van der Waals surface area contributed by atoms with Crippen LogP contribution in [0.3, 0.4) is 0 Å². The van der Waals surface area contributed by atoms with Gasteiger partial charge in [0.05, 0.1) is 24.0 Å². The third-order valence-corrected chi connectivity index (χ3v) is 4.09. The maximum absolute atomic E-state index is 6.43. The predicted octanol–water partition coefficient (Wildman–Crippen LogP) is 3.49. The molecule has 0 aliphatic heterocycles. The van der Waals surface area contributed by atoms with Crippen LogP contribution in [0.2, 0.25) is 5.15 Å². The number of hydrogen-bond acceptors (Lipinski definition) is 3. The van der Waals surface area contributed by atoms with Crippen LogP contribution in [-0.2, 0) is 6.54 Å². The van der Waals surface area contributed by atoms with Gasteiger partial charge in [0.25, 0.3) is 0 Å². The summed E-state index contributed by atoms with van der Waals surface area (Å²) < 4.78 is 1.77. The van der Waals surface area contributed by atoms with Crippen molar-refractivity contribution in [1.29, 1.82) is 0 Å². The van der Waals surface area contributed by atoms with Gasteiger partial charge in [-0.25, -0.2) is 4.68 Å². The minimum Gasteiger partial charge on any atom is -0.361 e. The molecule has 0 aliphatic carbocycles. The van der Waals surface area contributed by atoms with E-state index in [0.717, 1.165) is 36.2 Å². The van der Waals surface area contributed by atoms with Crippen molar-refractivity contribution in [3.8, 4) is 0 Å². The largest absolute Gasteiger partial charge is 0.361 e. The van der Waals surface area contributed by atoms with Gasteiger partial charge in [0, 0.05) is 6.54 Å². The lowest BCUT2D eigenvalue weighted by Gasteiger charge is -2.05. The molecule has 2 rings (SSSR count). The van der Waals surface area contributed by atoms with Crippen molar-refractivity contribution in [2.45, 2.75) is 33.2 Å². The molecule has 0 bridgehead atoms. The van der Waals surface area contributed by atoms with E-state index < -0.39 is 0 Å². The summed E-state index contributed by atoms with van der Waals surface area (Å²) in [5.74, 6) is 0. The molecule has 2 aromatic rings. The van der Waals surface area contributed by atoms with Gasteiger partial charge in [0.1, 0.15) is 5.15 Å². The molecule has 0 radical (unpaired) electrons. The van der Waals surface area contributed by atoms with Crippen LogP contribution in [0.1, 0.15) is 36.6 Å². The van der Waals surface area contributed by atoms with E-state index in [0.29, 0.717) is 16.8 Å². The summed E-state index contributed by atoms with van der Waals surface area (Å²) in [4.78, 5) is 0. The second kappa shape index (κ2) is 9.39. The van der Waals surface area contributed by atoms with E-state index in [4.69, 9.17) is 23.8 Å². The van der Waals surface area contributed by atoms with E-state index in [9.17, 15) is 0 Å². The van der Waals surface area contributed by atoms with E-state index in [1.54, 1.807) is 10.9 Å². The van der Waals surface area contributed by atoms with Crippen LogP contribution in [0, 0.1) is 6.92 Å². The predicted molar refractivity (Wildman–Crippen MR) is 104 cm³/mol. The summed E-state index contributed by atoms with van der Waals surface area (Å²) in [7, 11) is 0. The highest BCUT2D eigenvalue weighted by atomic mass is 35.5. The Kier molecular flexibility index (Phi) is 7.21. The minimum atomic E-state index is 0.505. The van der Waals surface area contributed by atoms with Crippen molar-refractivity contribution in [3.63, 3.8) is 0 Å². The number of aromatic nitrogens is 2.